The Hall–Kier alpha value is -2.91. The van der Waals surface area contributed by atoms with Gasteiger partial charge in [0, 0.05) is 39.5 Å². The molecule has 4 rings (SSSR count). The average Bonchev–Trinajstić information content (AvgIpc) is 3.24. The van der Waals surface area contributed by atoms with Crippen molar-refractivity contribution in [2.24, 2.45) is 14.1 Å². The van der Waals surface area contributed by atoms with E-state index in [1.165, 1.54) is 4.57 Å². The molecule has 1 aliphatic heterocycles. The van der Waals surface area contributed by atoms with Crippen molar-refractivity contribution in [2.45, 2.75) is 23.8 Å². The average molecular weight is 414 g/mol. The van der Waals surface area contributed by atoms with Gasteiger partial charge in [0.05, 0.1) is 15.9 Å². The Morgan fingerprint density at radius 2 is 1.72 bits per heavy atom. The number of rotatable bonds is 5. The van der Waals surface area contributed by atoms with Gasteiger partial charge in [-0.3, -0.25) is 13.9 Å². The molecule has 0 radical (unpaired) electrons. The normalized spacial score (nSPS) is 17.0. The Balaban J connectivity index is 1.50. The summed E-state index contributed by atoms with van der Waals surface area (Å²) in [6.07, 6.45) is 0.425. The number of amides is 1. The van der Waals surface area contributed by atoms with E-state index in [0.717, 1.165) is 22.2 Å². The third-order valence-corrected chi connectivity index (χ3v) is 6.86. The Morgan fingerprint density at radius 1 is 1.03 bits per heavy atom. The monoisotopic (exact) mass is 414 g/mol. The van der Waals surface area contributed by atoms with Gasteiger partial charge in [-0.1, -0.05) is 18.2 Å². The van der Waals surface area contributed by atoms with Gasteiger partial charge in [-0.05, 0) is 35.4 Å². The lowest BCUT2D eigenvalue weighted by Gasteiger charge is -2.10. The topological polar surface area (TPSA) is 102 Å². The number of fused-ring (bicyclic) bond motifs is 1. The maximum absolute atomic E-state index is 12.6. The minimum Gasteiger partial charge on any atom is -0.355 e. The van der Waals surface area contributed by atoms with Crippen LogP contribution in [0, 0.1) is 0 Å². The zero-order valence-corrected chi connectivity index (χ0v) is 17.0. The predicted molar refractivity (Wildman–Crippen MR) is 109 cm³/mol. The van der Waals surface area contributed by atoms with Crippen LogP contribution in [0.5, 0.6) is 0 Å². The van der Waals surface area contributed by atoms with E-state index in [9.17, 15) is 18.0 Å². The molecule has 2 N–H and O–H groups in total. The summed E-state index contributed by atoms with van der Waals surface area (Å²) in [6.45, 7) is 0.692. The molecule has 152 valence electrons. The summed E-state index contributed by atoms with van der Waals surface area (Å²) in [7, 11) is -0.291. The van der Waals surface area contributed by atoms with E-state index in [1.54, 1.807) is 49.0 Å². The van der Waals surface area contributed by atoms with Crippen molar-refractivity contribution >= 4 is 27.0 Å². The molecule has 1 amide bonds. The number of carbonyl (C=O) groups is 1. The molecule has 9 heteroatoms. The summed E-state index contributed by atoms with van der Waals surface area (Å²) in [5.74, 6) is 0.0951. The second-order valence-electron chi connectivity index (χ2n) is 7.32. The predicted octanol–water partition coefficient (Wildman–Crippen LogP) is 0.959. The number of nitrogens with one attached hydrogen (secondary N) is 2. The van der Waals surface area contributed by atoms with Gasteiger partial charge >= 0.3 is 5.69 Å². The number of carbonyl (C=O) groups excluding carboxylic acids is 1. The van der Waals surface area contributed by atoms with Crippen molar-refractivity contribution < 1.29 is 13.2 Å². The quantitative estimate of drug-likeness (QED) is 0.649. The molecular weight excluding hydrogens is 392 g/mol. The fourth-order valence-electron chi connectivity index (χ4n) is 3.68. The molecule has 0 bridgehead atoms. The summed E-state index contributed by atoms with van der Waals surface area (Å²) in [4.78, 5) is 23.6. The summed E-state index contributed by atoms with van der Waals surface area (Å²) in [5, 5.41) is 2.78. The van der Waals surface area contributed by atoms with E-state index in [0.29, 0.717) is 13.0 Å². The molecule has 0 spiro atoms. The van der Waals surface area contributed by atoms with Crippen LogP contribution in [0.2, 0.25) is 0 Å². The van der Waals surface area contributed by atoms with Gasteiger partial charge in [-0.25, -0.2) is 17.9 Å². The van der Waals surface area contributed by atoms with Gasteiger partial charge in [0.25, 0.3) is 0 Å². The van der Waals surface area contributed by atoms with Gasteiger partial charge in [0.1, 0.15) is 0 Å². The number of nitrogens with zero attached hydrogens (tertiary/aromatic N) is 2. The third-order valence-electron chi connectivity index (χ3n) is 5.44. The van der Waals surface area contributed by atoms with Crippen molar-refractivity contribution in [3.8, 4) is 0 Å². The van der Waals surface area contributed by atoms with Crippen molar-refractivity contribution in [1.29, 1.82) is 0 Å². The number of imidazole rings is 1. The maximum atomic E-state index is 12.6. The smallest absolute Gasteiger partial charge is 0.328 e. The molecule has 0 saturated carbocycles. The van der Waals surface area contributed by atoms with Gasteiger partial charge in [0.15, 0.2) is 0 Å². The number of hydrogen-bond donors (Lipinski definition) is 2. The van der Waals surface area contributed by atoms with E-state index < -0.39 is 10.0 Å². The largest absolute Gasteiger partial charge is 0.355 e. The van der Waals surface area contributed by atoms with Crippen molar-refractivity contribution in [3.63, 3.8) is 0 Å². The first-order valence-corrected chi connectivity index (χ1v) is 10.8. The van der Waals surface area contributed by atoms with Crippen LogP contribution in [-0.2, 0) is 35.5 Å². The van der Waals surface area contributed by atoms with Gasteiger partial charge in [-0.2, -0.15) is 0 Å². The molecule has 2 heterocycles. The SMILES string of the molecule is Cn1c(=O)n(C)c2cc(CNS(=O)(=O)c3ccc([C@H]4CNC(=O)C4)cc3)ccc21. The molecule has 1 atom stereocenters. The first-order valence-electron chi connectivity index (χ1n) is 9.27. The second kappa shape index (κ2) is 7.16. The lowest BCUT2D eigenvalue weighted by molar-refractivity contribution is -0.119. The lowest BCUT2D eigenvalue weighted by Crippen LogP contribution is -2.23. The van der Waals surface area contributed by atoms with Crippen molar-refractivity contribution in [2.75, 3.05) is 6.54 Å². The number of hydrogen-bond acceptors (Lipinski definition) is 4. The van der Waals surface area contributed by atoms with E-state index in [-0.39, 0.29) is 29.0 Å². The van der Waals surface area contributed by atoms with E-state index in [2.05, 4.69) is 10.0 Å². The van der Waals surface area contributed by atoms with Crippen LogP contribution in [0.25, 0.3) is 11.0 Å². The first kappa shape index (κ1) is 19.4. The first-order chi connectivity index (χ1) is 13.8. The molecule has 0 unspecified atom stereocenters. The summed E-state index contributed by atoms with van der Waals surface area (Å²) in [5.41, 5.74) is 3.11. The number of benzene rings is 2. The lowest BCUT2D eigenvalue weighted by atomic mass is 9.99. The van der Waals surface area contributed by atoms with Crippen LogP contribution in [0.4, 0.5) is 0 Å². The highest BCUT2D eigenvalue weighted by atomic mass is 32.2. The molecule has 8 nitrogen and oxygen atoms in total. The van der Waals surface area contributed by atoms with Gasteiger partial charge < -0.3 is 5.32 Å². The van der Waals surface area contributed by atoms with Crippen LogP contribution in [0.1, 0.15) is 23.5 Å². The Bertz CT molecular complexity index is 1260. The number of aryl methyl sites for hydroxylation is 2. The third kappa shape index (κ3) is 3.58. The highest BCUT2D eigenvalue weighted by Crippen LogP contribution is 2.24. The molecule has 0 aliphatic carbocycles. The van der Waals surface area contributed by atoms with Crippen LogP contribution in [-0.4, -0.2) is 30.0 Å². The fraction of sp³-hybridized carbons (Fsp3) is 0.300. The number of sulfonamides is 1. The van der Waals surface area contributed by atoms with Gasteiger partial charge in [0.2, 0.25) is 15.9 Å². The summed E-state index contributed by atoms with van der Waals surface area (Å²) in [6, 6.07) is 12.1. The van der Waals surface area contributed by atoms with E-state index in [4.69, 9.17) is 0 Å². The zero-order chi connectivity index (χ0) is 20.8. The standard InChI is InChI=1S/C20H22N4O4S/c1-23-17-8-3-13(9-18(17)24(2)20(23)26)11-22-29(27,28)16-6-4-14(5-7-16)15-10-19(25)21-12-15/h3-9,15,22H,10-12H2,1-2H3,(H,21,25)/t15-/m1/s1. The highest BCUT2D eigenvalue weighted by Gasteiger charge is 2.23. The van der Waals surface area contributed by atoms with E-state index in [1.807, 2.05) is 12.1 Å². The van der Waals surface area contributed by atoms with Crippen LogP contribution >= 0.6 is 0 Å². The van der Waals surface area contributed by atoms with Gasteiger partial charge in [-0.15, -0.1) is 0 Å². The fourth-order valence-corrected chi connectivity index (χ4v) is 4.70. The zero-order valence-electron chi connectivity index (χ0n) is 16.2. The molecule has 2 aromatic carbocycles. The Morgan fingerprint density at radius 3 is 2.38 bits per heavy atom. The second-order valence-corrected chi connectivity index (χ2v) is 9.09. The molecule has 1 aromatic heterocycles. The highest BCUT2D eigenvalue weighted by molar-refractivity contribution is 7.89. The maximum Gasteiger partial charge on any atom is 0.328 e. The van der Waals surface area contributed by atoms with Crippen molar-refractivity contribution in [3.05, 3.63) is 64.1 Å². The Kier molecular flexibility index (Phi) is 4.79. The molecule has 29 heavy (non-hydrogen) atoms. The minimum atomic E-state index is -3.68. The summed E-state index contributed by atoms with van der Waals surface area (Å²) >= 11 is 0. The van der Waals surface area contributed by atoms with Crippen LogP contribution in [0.15, 0.2) is 52.2 Å². The Labute approximate surface area is 168 Å². The molecule has 3 aromatic rings. The molecular formula is C20H22N4O4S. The van der Waals surface area contributed by atoms with Crippen LogP contribution < -0.4 is 15.7 Å². The summed E-state index contributed by atoms with van der Waals surface area (Å²) < 4.78 is 31.0. The van der Waals surface area contributed by atoms with Crippen molar-refractivity contribution in [1.82, 2.24) is 19.2 Å². The molecule has 1 fully saturated rings. The van der Waals surface area contributed by atoms with Crippen LogP contribution in [0.3, 0.4) is 0 Å². The van der Waals surface area contributed by atoms with E-state index >= 15 is 0 Å². The minimum absolute atomic E-state index is 0.0150. The number of aromatic nitrogens is 2. The molecule has 1 saturated heterocycles. The molecule has 1 aliphatic rings.